The van der Waals surface area contributed by atoms with Gasteiger partial charge in [-0.15, -0.1) is 0 Å². The van der Waals surface area contributed by atoms with Gasteiger partial charge in [-0.25, -0.2) is 9.48 Å². The van der Waals surface area contributed by atoms with Crippen LogP contribution in [0.4, 0.5) is 10.5 Å². The summed E-state index contributed by atoms with van der Waals surface area (Å²) in [6.45, 7) is 0.0752. The molecule has 1 aromatic heterocycles. The maximum absolute atomic E-state index is 12.1. The minimum absolute atomic E-state index is 0.0267. The molecule has 3 rings (SSSR count). The van der Waals surface area contributed by atoms with Crippen LogP contribution in [-0.4, -0.2) is 33.6 Å². The van der Waals surface area contributed by atoms with Crippen molar-refractivity contribution in [3.05, 3.63) is 41.7 Å². The van der Waals surface area contributed by atoms with E-state index in [-0.39, 0.29) is 18.7 Å². The zero-order valence-corrected chi connectivity index (χ0v) is 13.3. The average molecular weight is 335 g/mol. The number of amides is 2. The molecule has 3 N–H and O–H groups in total. The van der Waals surface area contributed by atoms with Gasteiger partial charge in [0.2, 0.25) is 0 Å². The van der Waals surface area contributed by atoms with E-state index in [2.05, 4.69) is 15.7 Å². The quantitative estimate of drug-likeness (QED) is 0.760. The Balaban J connectivity index is 1.63. The van der Waals surface area contributed by atoms with Gasteiger partial charge in [0.25, 0.3) is 0 Å². The molecule has 1 aromatic carbocycles. The lowest BCUT2D eigenvalue weighted by atomic mass is 10.1. The summed E-state index contributed by atoms with van der Waals surface area (Å²) in [6, 6.07) is 6.83. The lowest BCUT2D eigenvalue weighted by Gasteiger charge is -2.18. The molecule has 1 atom stereocenters. The van der Waals surface area contributed by atoms with E-state index in [0.29, 0.717) is 23.0 Å². The summed E-state index contributed by atoms with van der Waals surface area (Å²) < 4.78 is 1.66. The van der Waals surface area contributed by atoms with Crippen molar-refractivity contribution < 1.29 is 9.90 Å². The van der Waals surface area contributed by atoms with Crippen LogP contribution in [0.15, 0.2) is 36.7 Å². The maximum atomic E-state index is 12.1. The lowest BCUT2D eigenvalue weighted by molar-refractivity contribution is 0.234. The van der Waals surface area contributed by atoms with Crippen molar-refractivity contribution in [3.8, 4) is 5.69 Å². The average Bonchev–Trinajstić information content (AvgIpc) is 3.23. The highest BCUT2D eigenvalue weighted by atomic mass is 35.5. The highest BCUT2D eigenvalue weighted by Gasteiger charge is 2.31. The molecule has 122 valence electrons. The summed E-state index contributed by atoms with van der Waals surface area (Å²) >= 11 is 6.25. The Hall–Kier alpha value is -2.05. The van der Waals surface area contributed by atoms with E-state index in [1.165, 1.54) is 0 Å². The first kappa shape index (κ1) is 15.8. The number of carbonyl (C=O) groups excluding carboxylic acids is 1. The number of rotatable bonds is 6. The fourth-order valence-electron chi connectivity index (χ4n) is 2.58. The molecule has 7 heteroatoms. The van der Waals surface area contributed by atoms with Gasteiger partial charge in [-0.2, -0.15) is 5.10 Å². The fourth-order valence-corrected chi connectivity index (χ4v) is 2.85. The van der Waals surface area contributed by atoms with Crippen molar-refractivity contribution in [1.29, 1.82) is 0 Å². The third-order valence-corrected chi connectivity index (χ3v) is 4.21. The van der Waals surface area contributed by atoms with Crippen molar-refractivity contribution in [2.24, 2.45) is 5.92 Å². The van der Waals surface area contributed by atoms with Gasteiger partial charge in [0.05, 0.1) is 10.7 Å². The number of halogens is 1. The molecule has 2 aromatic rings. The topological polar surface area (TPSA) is 79.2 Å². The number of hydrogen-bond donors (Lipinski definition) is 3. The Bertz CT molecular complexity index is 671. The van der Waals surface area contributed by atoms with Crippen molar-refractivity contribution in [3.63, 3.8) is 0 Å². The van der Waals surface area contributed by atoms with Gasteiger partial charge >= 0.3 is 6.03 Å². The Morgan fingerprint density at radius 1 is 1.48 bits per heavy atom. The van der Waals surface area contributed by atoms with Crippen LogP contribution in [0.2, 0.25) is 5.02 Å². The van der Waals surface area contributed by atoms with Crippen molar-refractivity contribution in [2.45, 2.75) is 25.3 Å². The molecule has 1 heterocycles. The molecule has 0 saturated heterocycles. The predicted octanol–water partition coefficient (Wildman–Crippen LogP) is 2.81. The number of carbonyl (C=O) groups is 1. The van der Waals surface area contributed by atoms with Crippen molar-refractivity contribution in [2.75, 3.05) is 11.9 Å². The first-order valence-electron chi connectivity index (χ1n) is 7.65. The van der Waals surface area contributed by atoms with E-state index in [0.717, 1.165) is 18.5 Å². The molecule has 6 nitrogen and oxygen atoms in total. The van der Waals surface area contributed by atoms with E-state index in [1.807, 2.05) is 6.07 Å². The summed E-state index contributed by atoms with van der Waals surface area (Å²) in [6.07, 6.45) is 6.27. The molecule has 0 spiro atoms. The molecule has 0 aliphatic heterocycles. The molecule has 0 radical (unpaired) electrons. The molecular formula is C16H19ClN4O2. The number of nitrogens with one attached hydrogen (secondary N) is 2. The number of hydrogen-bond acceptors (Lipinski definition) is 3. The van der Waals surface area contributed by atoms with Crippen LogP contribution < -0.4 is 10.6 Å². The lowest BCUT2D eigenvalue weighted by Crippen LogP contribution is -2.39. The molecule has 2 amide bonds. The van der Waals surface area contributed by atoms with Gasteiger partial charge in [0.15, 0.2) is 0 Å². The molecule has 1 aliphatic carbocycles. The molecule has 1 fully saturated rings. The van der Waals surface area contributed by atoms with Crippen LogP contribution in [0.1, 0.15) is 19.3 Å². The standard InChI is InChI=1S/C16H19ClN4O2/c17-13-10-12(4-5-15(13)21-8-1-7-18-21)19-16(23)20-14(6-9-22)11-2-3-11/h1,4-5,7-8,10-11,14,22H,2-3,6,9H2,(H2,19,20,23)/t14-/m1/s1. The largest absolute Gasteiger partial charge is 0.396 e. The van der Waals surface area contributed by atoms with Crippen molar-refractivity contribution >= 4 is 23.3 Å². The predicted molar refractivity (Wildman–Crippen MR) is 88.9 cm³/mol. The molecular weight excluding hydrogens is 316 g/mol. The van der Waals surface area contributed by atoms with Crippen LogP contribution in [0, 0.1) is 5.92 Å². The number of aliphatic hydroxyl groups excluding tert-OH is 1. The third-order valence-electron chi connectivity index (χ3n) is 3.90. The second-order valence-corrected chi connectivity index (χ2v) is 6.08. The number of benzene rings is 1. The molecule has 0 unspecified atom stereocenters. The molecule has 23 heavy (non-hydrogen) atoms. The zero-order valence-electron chi connectivity index (χ0n) is 12.6. The van der Waals surface area contributed by atoms with E-state index in [1.54, 1.807) is 35.3 Å². The Labute approximate surface area is 139 Å². The van der Waals surface area contributed by atoms with Gasteiger partial charge < -0.3 is 15.7 Å². The summed E-state index contributed by atoms with van der Waals surface area (Å²) in [5, 5.41) is 19.4. The summed E-state index contributed by atoms with van der Waals surface area (Å²) in [5.74, 6) is 0.485. The maximum Gasteiger partial charge on any atom is 0.319 e. The zero-order chi connectivity index (χ0) is 16.2. The highest BCUT2D eigenvalue weighted by molar-refractivity contribution is 6.32. The number of aromatic nitrogens is 2. The molecule has 1 aliphatic rings. The number of nitrogens with zero attached hydrogens (tertiary/aromatic N) is 2. The van der Waals surface area contributed by atoms with Gasteiger partial charge in [-0.1, -0.05) is 11.6 Å². The smallest absolute Gasteiger partial charge is 0.319 e. The van der Waals surface area contributed by atoms with Gasteiger partial charge in [0.1, 0.15) is 0 Å². The Kier molecular flexibility index (Phi) is 4.83. The SMILES string of the molecule is O=C(Nc1ccc(-n2cccn2)c(Cl)c1)N[C@H](CCO)C1CC1. The van der Waals surface area contributed by atoms with Crippen molar-refractivity contribution in [1.82, 2.24) is 15.1 Å². The van der Waals surface area contributed by atoms with Gasteiger partial charge in [-0.3, -0.25) is 0 Å². The monoisotopic (exact) mass is 334 g/mol. The molecule has 0 bridgehead atoms. The number of urea groups is 1. The summed E-state index contributed by atoms with van der Waals surface area (Å²) in [4.78, 5) is 12.1. The van der Waals surface area contributed by atoms with E-state index < -0.39 is 0 Å². The highest BCUT2D eigenvalue weighted by Crippen LogP contribution is 2.34. The fraction of sp³-hybridized carbons (Fsp3) is 0.375. The second-order valence-electron chi connectivity index (χ2n) is 5.67. The van der Waals surface area contributed by atoms with Crippen LogP contribution in [0.5, 0.6) is 0 Å². The normalized spacial score (nSPS) is 15.2. The van der Waals surface area contributed by atoms with Crippen LogP contribution in [-0.2, 0) is 0 Å². The van der Waals surface area contributed by atoms with Crippen LogP contribution in [0.25, 0.3) is 5.69 Å². The van der Waals surface area contributed by atoms with E-state index in [9.17, 15) is 4.79 Å². The first-order chi connectivity index (χ1) is 11.2. The van der Waals surface area contributed by atoms with Gasteiger partial charge in [0, 0.05) is 30.7 Å². The summed E-state index contributed by atoms with van der Waals surface area (Å²) in [7, 11) is 0. The Morgan fingerprint density at radius 2 is 2.30 bits per heavy atom. The number of anilines is 1. The van der Waals surface area contributed by atoms with Gasteiger partial charge in [-0.05, 0) is 49.4 Å². The second kappa shape index (κ2) is 7.02. The Morgan fingerprint density at radius 3 is 2.91 bits per heavy atom. The molecule has 1 saturated carbocycles. The summed E-state index contributed by atoms with van der Waals surface area (Å²) in [5.41, 5.74) is 1.36. The van der Waals surface area contributed by atoms with E-state index >= 15 is 0 Å². The number of aliphatic hydroxyl groups is 1. The first-order valence-corrected chi connectivity index (χ1v) is 8.03. The van der Waals surface area contributed by atoms with Crippen LogP contribution in [0.3, 0.4) is 0 Å². The van der Waals surface area contributed by atoms with E-state index in [4.69, 9.17) is 16.7 Å². The van der Waals surface area contributed by atoms with Crippen LogP contribution >= 0.6 is 11.6 Å². The minimum atomic E-state index is -0.279. The minimum Gasteiger partial charge on any atom is -0.396 e. The third kappa shape index (κ3) is 4.03.